The average Bonchev–Trinajstić information content (AvgIpc) is 3.29. The molecule has 0 amide bonds. The van der Waals surface area contributed by atoms with Crippen molar-refractivity contribution in [3.05, 3.63) is 94.8 Å². The molecule has 3 aromatic carbocycles. The maximum atomic E-state index is 13.3. The zero-order valence-electron chi connectivity index (χ0n) is 20.0. The maximum Gasteiger partial charge on any atom is 0.281 e. The summed E-state index contributed by atoms with van der Waals surface area (Å²) in [6.45, 7) is 2.91. The average molecular weight is 493 g/mol. The van der Waals surface area contributed by atoms with E-state index in [1.54, 1.807) is 30.5 Å². The van der Waals surface area contributed by atoms with Crippen LogP contribution in [0, 0.1) is 24.1 Å². The van der Waals surface area contributed by atoms with E-state index in [2.05, 4.69) is 17.4 Å². The summed E-state index contributed by atoms with van der Waals surface area (Å²) >= 11 is 0. The van der Waals surface area contributed by atoms with Gasteiger partial charge < -0.3 is 10.7 Å². The number of hydrogen-bond donors (Lipinski definition) is 2. The van der Waals surface area contributed by atoms with Gasteiger partial charge in [-0.25, -0.2) is 4.39 Å². The molecule has 0 unspecified atom stereocenters. The summed E-state index contributed by atoms with van der Waals surface area (Å²) in [5.74, 6) is 0.0666. The molecule has 6 nitrogen and oxygen atoms in total. The highest BCUT2D eigenvalue weighted by Gasteiger charge is 2.71. The van der Waals surface area contributed by atoms with Crippen molar-refractivity contribution in [1.29, 1.82) is 5.41 Å². The molecule has 2 aliphatic rings. The number of hydrogen-bond acceptors (Lipinski definition) is 4. The molecule has 2 N–H and O–H groups in total. The van der Waals surface area contributed by atoms with Gasteiger partial charge >= 0.3 is 0 Å². The lowest BCUT2D eigenvalue weighted by molar-refractivity contribution is 0.384. The zero-order valence-corrected chi connectivity index (χ0v) is 20.8. The Labute approximate surface area is 206 Å². The monoisotopic (exact) mass is 492 g/mol. The third kappa shape index (κ3) is 3.86. The topological polar surface area (TPSA) is 76.5 Å². The van der Waals surface area contributed by atoms with Crippen LogP contribution in [0.25, 0.3) is 0 Å². The predicted octanol–water partition coefficient (Wildman–Crippen LogP) is 4.65. The van der Waals surface area contributed by atoms with Crippen molar-refractivity contribution in [2.75, 3.05) is 32.5 Å². The van der Waals surface area contributed by atoms with Gasteiger partial charge in [0.15, 0.2) is 0 Å². The molecule has 3 aromatic rings. The first-order valence-electron chi connectivity index (χ1n) is 11.6. The van der Waals surface area contributed by atoms with Crippen molar-refractivity contribution < 1.29 is 12.8 Å². The standard InChI is InChI=1S/C27H29FN4O2S/c1-18-13-25(30-22-11-9-21(28)10-12-22)20(15-29)14-23(18)27-17-32(35(33,34)31(2)3)16-24(27)26(27)19-7-5-4-6-8-19/h4-15,24,26,29-30H,16-17H2,1-3H3/t24-,26-,27+/m0/s1. The molecule has 5 rings (SSSR count). The van der Waals surface area contributed by atoms with Crippen LogP contribution >= 0.6 is 0 Å². The molecule has 0 aromatic heterocycles. The number of benzene rings is 3. The van der Waals surface area contributed by atoms with Gasteiger partial charge in [0.25, 0.3) is 10.2 Å². The lowest BCUT2D eigenvalue weighted by Gasteiger charge is -2.27. The second-order valence-electron chi connectivity index (χ2n) is 9.65. The molecular weight excluding hydrogens is 463 g/mol. The van der Waals surface area contributed by atoms with Crippen LogP contribution in [-0.2, 0) is 15.6 Å². The number of rotatable bonds is 7. The Balaban J connectivity index is 1.57. The summed E-state index contributed by atoms with van der Waals surface area (Å²) in [5.41, 5.74) is 5.17. The smallest absolute Gasteiger partial charge is 0.281 e. The first kappa shape index (κ1) is 23.7. The zero-order chi connectivity index (χ0) is 25.0. The lowest BCUT2D eigenvalue weighted by Crippen LogP contribution is -2.41. The van der Waals surface area contributed by atoms with Gasteiger partial charge in [-0.3, -0.25) is 0 Å². The number of halogens is 1. The molecule has 1 saturated carbocycles. The minimum atomic E-state index is -3.53. The van der Waals surface area contributed by atoms with Crippen LogP contribution in [0.4, 0.5) is 15.8 Å². The van der Waals surface area contributed by atoms with Crippen LogP contribution in [0.3, 0.4) is 0 Å². The van der Waals surface area contributed by atoms with Crippen molar-refractivity contribution in [3.63, 3.8) is 0 Å². The Hall–Kier alpha value is -3.07. The predicted molar refractivity (Wildman–Crippen MR) is 137 cm³/mol. The van der Waals surface area contributed by atoms with Gasteiger partial charge in [-0.1, -0.05) is 30.3 Å². The van der Waals surface area contributed by atoms with E-state index in [0.29, 0.717) is 18.7 Å². The Morgan fingerprint density at radius 2 is 1.80 bits per heavy atom. The van der Waals surface area contributed by atoms with Gasteiger partial charge in [0.2, 0.25) is 0 Å². The van der Waals surface area contributed by atoms with Crippen LogP contribution < -0.4 is 5.32 Å². The van der Waals surface area contributed by atoms with Gasteiger partial charge in [-0.15, -0.1) is 0 Å². The Bertz CT molecular complexity index is 1380. The van der Waals surface area contributed by atoms with Gasteiger partial charge in [0, 0.05) is 61.7 Å². The van der Waals surface area contributed by atoms with E-state index in [1.165, 1.54) is 28.2 Å². The molecule has 182 valence electrons. The molecule has 0 radical (unpaired) electrons. The Morgan fingerprint density at radius 1 is 1.11 bits per heavy atom. The van der Waals surface area contributed by atoms with Gasteiger partial charge in [0.05, 0.1) is 0 Å². The molecular formula is C27H29FN4O2S. The van der Waals surface area contributed by atoms with Crippen LogP contribution in [0.2, 0.25) is 0 Å². The van der Waals surface area contributed by atoms with E-state index >= 15 is 0 Å². The van der Waals surface area contributed by atoms with Crippen molar-refractivity contribution in [2.45, 2.75) is 18.3 Å². The van der Waals surface area contributed by atoms with E-state index in [0.717, 1.165) is 22.5 Å². The number of nitrogens with zero attached hydrogens (tertiary/aromatic N) is 2. The fourth-order valence-electron chi connectivity index (χ4n) is 5.77. The molecule has 1 saturated heterocycles. The maximum absolute atomic E-state index is 13.3. The van der Waals surface area contributed by atoms with E-state index in [1.807, 2.05) is 37.3 Å². The molecule has 1 aliphatic carbocycles. The first-order chi connectivity index (χ1) is 16.7. The summed E-state index contributed by atoms with van der Waals surface area (Å²) in [6.07, 6.45) is 1.31. The summed E-state index contributed by atoms with van der Waals surface area (Å²) in [6, 6.07) is 20.4. The van der Waals surface area contributed by atoms with Gasteiger partial charge in [0.1, 0.15) is 5.82 Å². The van der Waals surface area contributed by atoms with Crippen LogP contribution in [-0.4, -0.2) is 50.4 Å². The molecule has 3 atom stereocenters. The second kappa shape index (κ2) is 8.55. The van der Waals surface area contributed by atoms with E-state index in [4.69, 9.17) is 5.41 Å². The number of anilines is 2. The van der Waals surface area contributed by atoms with Crippen LogP contribution in [0.5, 0.6) is 0 Å². The molecule has 2 fully saturated rings. The van der Waals surface area contributed by atoms with Crippen molar-refractivity contribution >= 4 is 27.8 Å². The van der Waals surface area contributed by atoms with Gasteiger partial charge in [-0.2, -0.15) is 17.0 Å². The number of nitrogens with one attached hydrogen (secondary N) is 2. The quantitative estimate of drug-likeness (QED) is 0.472. The minimum Gasteiger partial charge on any atom is -0.355 e. The fourth-order valence-corrected chi connectivity index (χ4v) is 6.96. The highest BCUT2D eigenvalue weighted by molar-refractivity contribution is 7.86. The molecule has 0 spiro atoms. The van der Waals surface area contributed by atoms with Crippen LogP contribution in [0.1, 0.15) is 28.2 Å². The summed E-state index contributed by atoms with van der Waals surface area (Å²) in [4.78, 5) is 0. The molecule has 1 aliphatic heterocycles. The highest BCUT2D eigenvalue weighted by atomic mass is 32.2. The Morgan fingerprint density at radius 3 is 2.43 bits per heavy atom. The lowest BCUT2D eigenvalue weighted by atomic mass is 9.86. The second-order valence-corrected chi connectivity index (χ2v) is 11.8. The van der Waals surface area contributed by atoms with E-state index in [-0.39, 0.29) is 23.1 Å². The van der Waals surface area contributed by atoms with Gasteiger partial charge in [-0.05, 0) is 65.9 Å². The van der Waals surface area contributed by atoms with Crippen LogP contribution in [0.15, 0.2) is 66.7 Å². The molecule has 1 heterocycles. The third-order valence-electron chi connectivity index (χ3n) is 7.47. The number of aryl methyl sites for hydroxylation is 1. The van der Waals surface area contributed by atoms with Crippen molar-refractivity contribution in [3.8, 4) is 0 Å². The molecule has 35 heavy (non-hydrogen) atoms. The summed E-state index contributed by atoms with van der Waals surface area (Å²) < 4.78 is 42.2. The largest absolute Gasteiger partial charge is 0.355 e. The first-order valence-corrected chi connectivity index (χ1v) is 13.0. The normalized spacial score (nSPS) is 23.8. The fraction of sp³-hybridized carbons (Fsp3) is 0.296. The highest BCUT2D eigenvalue weighted by Crippen LogP contribution is 2.70. The van der Waals surface area contributed by atoms with E-state index < -0.39 is 10.2 Å². The van der Waals surface area contributed by atoms with E-state index in [9.17, 15) is 12.8 Å². The third-order valence-corrected chi connectivity index (χ3v) is 9.32. The molecule has 8 heteroatoms. The number of piperidine rings is 1. The SMILES string of the molecule is Cc1cc(Nc2ccc(F)cc2)c(C=N)cc1[C@]12CN(S(=O)(=O)N(C)C)C[C@H]1[C@@H]2c1ccccc1. The van der Waals surface area contributed by atoms with Crippen molar-refractivity contribution in [1.82, 2.24) is 8.61 Å². The minimum absolute atomic E-state index is 0.160. The summed E-state index contributed by atoms with van der Waals surface area (Å²) in [5, 5.41) is 11.4. The summed E-state index contributed by atoms with van der Waals surface area (Å²) in [7, 11) is -0.404. The number of fused-ring (bicyclic) bond motifs is 1. The Kier molecular flexibility index (Phi) is 5.78. The molecule has 0 bridgehead atoms. The van der Waals surface area contributed by atoms with Crippen molar-refractivity contribution in [2.24, 2.45) is 5.92 Å².